The Morgan fingerprint density at radius 1 is 1.20 bits per heavy atom. The van der Waals surface area contributed by atoms with Crippen molar-refractivity contribution in [2.45, 2.75) is 57.9 Å². The van der Waals surface area contributed by atoms with Crippen LogP contribution in [-0.4, -0.2) is 31.1 Å². The van der Waals surface area contributed by atoms with Crippen molar-refractivity contribution in [2.24, 2.45) is 0 Å². The lowest BCUT2D eigenvalue weighted by molar-refractivity contribution is 0.209. The molecule has 0 aliphatic carbocycles. The number of hydrogen-bond donors (Lipinski definition) is 1. The van der Waals surface area contributed by atoms with Gasteiger partial charge in [0, 0.05) is 6.54 Å². The first-order valence-electron chi connectivity index (χ1n) is 8.40. The third-order valence-electron chi connectivity index (χ3n) is 4.25. The van der Waals surface area contributed by atoms with Gasteiger partial charge in [0.1, 0.15) is 5.76 Å². The maximum atomic E-state index is 5.64. The summed E-state index contributed by atoms with van der Waals surface area (Å²) in [5, 5.41) is 3.63. The van der Waals surface area contributed by atoms with E-state index in [9.17, 15) is 0 Å². The molecule has 1 aromatic heterocycles. The SMILES string of the molecule is CCCCCCCNCC(c1ccco1)N1CCCC1. The van der Waals surface area contributed by atoms with Gasteiger partial charge in [-0.2, -0.15) is 0 Å². The Morgan fingerprint density at radius 3 is 2.70 bits per heavy atom. The molecule has 1 aliphatic heterocycles. The fraction of sp³-hybridized carbons (Fsp3) is 0.765. The van der Waals surface area contributed by atoms with E-state index in [1.54, 1.807) is 6.26 Å². The van der Waals surface area contributed by atoms with Gasteiger partial charge in [-0.3, -0.25) is 4.90 Å². The molecule has 0 saturated carbocycles. The highest BCUT2D eigenvalue weighted by Crippen LogP contribution is 2.24. The zero-order valence-corrected chi connectivity index (χ0v) is 12.9. The van der Waals surface area contributed by atoms with E-state index in [1.165, 1.54) is 58.0 Å². The zero-order valence-electron chi connectivity index (χ0n) is 12.9. The molecule has 0 bridgehead atoms. The number of likely N-dealkylation sites (tertiary alicyclic amines) is 1. The molecule has 3 nitrogen and oxygen atoms in total. The van der Waals surface area contributed by atoms with Gasteiger partial charge in [0.25, 0.3) is 0 Å². The minimum Gasteiger partial charge on any atom is -0.468 e. The Hall–Kier alpha value is -0.800. The van der Waals surface area contributed by atoms with Crippen LogP contribution in [0.25, 0.3) is 0 Å². The summed E-state index contributed by atoms with van der Waals surface area (Å²) in [7, 11) is 0. The van der Waals surface area contributed by atoms with Gasteiger partial charge < -0.3 is 9.73 Å². The molecule has 2 rings (SSSR count). The van der Waals surface area contributed by atoms with Gasteiger partial charge in [0.05, 0.1) is 12.3 Å². The summed E-state index contributed by atoms with van der Waals surface area (Å²) in [5.74, 6) is 1.12. The van der Waals surface area contributed by atoms with Gasteiger partial charge in [-0.05, 0) is 51.0 Å². The molecular formula is C17H30N2O. The van der Waals surface area contributed by atoms with E-state index in [0.29, 0.717) is 6.04 Å². The number of unbranched alkanes of at least 4 members (excludes halogenated alkanes) is 4. The van der Waals surface area contributed by atoms with Gasteiger partial charge in [-0.15, -0.1) is 0 Å². The fourth-order valence-corrected chi connectivity index (χ4v) is 3.04. The topological polar surface area (TPSA) is 28.4 Å². The van der Waals surface area contributed by atoms with Crippen LogP contribution < -0.4 is 5.32 Å². The van der Waals surface area contributed by atoms with Gasteiger partial charge in [-0.1, -0.05) is 32.6 Å². The summed E-state index contributed by atoms with van der Waals surface area (Å²) < 4.78 is 5.64. The molecule has 1 unspecified atom stereocenters. The molecule has 0 amide bonds. The number of nitrogens with zero attached hydrogens (tertiary/aromatic N) is 1. The van der Waals surface area contributed by atoms with Crippen molar-refractivity contribution >= 4 is 0 Å². The lowest BCUT2D eigenvalue weighted by atomic mass is 10.1. The molecule has 0 spiro atoms. The minimum atomic E-state index is 0.420. The fourth-order valence-electron chi connectivity index (χ4n) is 3.04. The number of furan rings is 1. The summed E-state index contributed by atoms with van der Waals surface area (Å²) in [6, 6.07) is 4.54. The molecule has 0 aromatic carbocycles. The minimum absolute atomic E-state index is 0.420. The predicted octanol–water partition coefficient (Wildman–Crippen LogP) is 3.98. The molecule has 2 heterocycles. The summed E-state index contributed by atoms with van der Waals surface area (Å²) >= 11 is 0. The normalized spacial score (nSPS) is 17.6. The Bertz CT molecular complexity index is 331. The highest BCUT2D eigenvalue weighted by atomic mass is 16.3. The second-order valence-corrected chi connectivity index (χ2v) is 5.89. The van der Waals surface area contributed by atoms with Crippen molar-refractivity contribution < 1.29 is 4.42 Å². The van der Waals surface area contributed by atoms with Crippen LogP contribution in [0, 0.1) is 0 Å². The van der Waals surface area contributed by atoms with Crippen molar-refractivity contribution in [1.29, 1.82) is 0 Å². The molecule has 0 radical (unpaired) electrons. The predicted molar refractivity (Wildman–Crippen MR) is 83.9 cm³/mol. The Balaban J connectivity index is 1.69. The summed E-state index contributed by atoms with van der Waals surface area (Å²) in [6.07, 6.45) is 11.2. The van der Waals surface area contributed by atoms with Gasteiger partial charge in [0.2, 0.25) is 0 Å². The van der Waals surface area contributed by atoms with Crippen molar-refractivity contribution in [1.82, 2.24) is 10.2 Å². The maximum absolute atomic E-state index is 5.64. The van der Waals surface area contributed by atoms with Crippen LogP contribution in [0.3, 0.4) is 0 Å². The highest BCUT2D eigenvalue weighted by Gasteiger charge is 2.24. The lowest BCUT2D eigenvalue weighted by Gasteiger charge is -2.26. The first kappa shape index (κ1) is 15.6. The van der Waals surface area contributed by atoms with Crippen LogP contribution in [0.4, 0.5) is 0 Å². The Labute approximate surface area is 123 Å². The monoisotopic (exact) mass is 278 g/mol. The van der Waals surface area contributed by atoms with Crippen LogP contribution in [0.5, 0.6) is 0 Å². The smallest absolute Gasteiger partial charge is 0.122 e. The van der Waals surface area contributed by atoms with Crippen molar-refractivity contribution in [3.63, 3.8) is 0 Å². The van der Waals surface area contributed by atoms with Crippen molar-refractivity contribution in [3.05, 3.63) is 24.2 Å². The van der Waals surface area contributed by atoms with Crippen LogP contribution in [0.15, 0.2) is 22.8 Å². The Kier molecular flexibility index (Phi) is 7.16. The molecule has 1 fully saturated rings. The van der Waals surface area contributed by atoms with Crippen molar-refractivity contribution in [3.8, 4) is 0 Å². The molecule has 1 N–H and O–H groups in total. The molecule has 1 aromatic rings. The third-order valence-corrected chi connectivity index (χ3v) is 4.25. The summed E-state index contributed by atoms with van der Waals surface area (Å²) in [4.78, 5) is 2.56. The number of rotatable bonds is 10. The molecule has 1 aliphatic rings. The Morgan fingerprint density at radius 2 is 2.00 bits per heavy atom. The molecule has 114 valence electrons. The quantitative estimate of drug-likeness (QED) is 0.656. The first-order chi connectivity index (χ1) is 9.92. The van der Waals surface area contributed by atoms with E-state index >= 15 is 0 Å². The van der Waals surface area contributed by atoms with E-state index in [0.717, 1.165) is 18.8 Å². The van der Waals surface area contributed by atoms with Gasteiger partial charge in [-0.25, -0.2) is 0 Å². The third kappa shape index (κ3) is 4.95. The average molecular weight is 278 g/mol. The molecule has 3 heteroatoms. The van der Waals surface area contributed by atoms with Crippen LogP contribution >= 0.6 is 0 Å². The van der Waals surface area contributed by atoms with Gasteiger partial charge >= 0.3 is 0 Å². The maximum Gasteiger partial charge on any atom is 0.122 e. The van der Waals surface area contributed by atoms with Crippen LogP contribution in [0.1, 0.15) is 63.7 Å². The van der Waals surface area contributed by atoms with Gasteiger partial charge in [0.15, 0.2) is 0 Å². The standard InChI is InChI=1S/C17H30N2O/c1-2-3-4-5-6-11-18-15-16(17-10-9-14-20-17)19-12-7-8-13-19/h9-10,14,16,18H,2-8,11-13,15H2,1H3. The number of hydrogen-bond acceptors (Lipinski definition) is 3. The van der Waals surface area contributed by atoms with E-state index in [-0.39, 0.29) is 0 Å². The van der Waals surface area contributed by atoms with Crippen LogP contribution in [-0.2, 0) is 0 Å². The van der Waals surface area contributed by atoms with E-state index in [2.05, 4.69) is 23.2 Å². The van der Waals surface area contributed by atoms with Crippen LogP contribution in [0.2, 0.25) is 0 Å². The first-order valence-corrected chi connectivity index (χ1v) is 8.40. The lowest BCUT2D eigenvalue weighted by Crippen LogP contribution is -2.34. The summed E-state index contributed by atoms with van der Waals surface area (Å²) in [6.45, 7) is 6.84. The molecular weight excluding hydrogens is 248 g/mol. The van der Waals surface area contributed by atoms with E-state index in [4.69, 9.17) is 4.42 Å². The second kappa shape index (κ2) is 9.19. The highest BCUT2D eigenvalue weighted by molar-refractivity contribution is 5.06. The molecule has 1 saturated heterocycles. The largest absolute Gasteiger partial charge is 0.468 e. The van der Waals surface area contributed by atoms with E-state index in [1.807, 2.05) is 6.07 Å². The van der Waals surface area contributed by atoms with E-state index < -0.39 is 0 Å². The number of nitrogens with one attached hydrogen (secondary N) is 1. The summed E-state index contributed by atoms with van der Waals surface area (Å²) in [5.41, 5.74) is 0. The average Bonchev–Trinajstić information content (AvgIpc) is 3.14. The molecule has 1 atom stereocenters. The molecule has 20 heavy (non-hydrogen) atoms. The second-order valence-electron chi connectivity index (χ2n) is 5.89. The zero-order chi connectivity index (χ0) is 14.0. The van der Waals surface area contributed by atoms with Crippen molar-refractivity contribution in [2.75, 3.05) is 26.2 Å².